The molecule has 2 amide bonds. The number of alkyl carbamates (subject to hydrolysis) is 1. The third-order valence-corrected chi connectivity index (χ3v) is 9.00. The predicted molar refractivity (Wildman–Crippen MR) is 170 cm³/mol. The first-order valence-corrected chi connectivity index (χ1v) is 16.5. The van der Waals surface area contributed by atoms with Crippen molar-refractivity contribution in [3.8, 4) is 0 Å². The molecule has 0 saturated carbocycles. The molecule has 0 bridgehead atoms. The zero-order valence-electron chi connectivity index (χ0n) is 25.6. The summed E-state index contributed by atoms with van der Waals surface area (Å²) in [5, 5.41) is 20.6. The highest BCUT2D eigenvalue weighted by atomic mass is 32.2. The predicted octanol–water partition coefficient (Wildman–Crippen LogP) is 3.99. The number of aromatic nitrogens is 1. The monoisotopic (exact) mass is 633 g/mol. The lowest BCUT2D eigenvalue weighted by Gasteiger charge is -2.31. The highest BCUT2D eigenvalue weighted by Gasteiger charge is 2.32. The van der Waals surface area contributed by atoms with E-state index < -0.39 is 33.9 Å². The molecule has 1 aromatic heterocycles. The third kappa shape index (κ3) is 10.8. The number of nitrogens with one attached hydrogen (secondary N) is 3. The first-order chi connectivity index (χ1) is 20.1. The molecule has 0 saturated heterocycles. The van der Waals surface area contributed by atoms with Gasteiger partial charge in [0.05, 0.1) is 27.3 Å². The van der Waals surface area contributed by atoms with Crippen molar-refractivity contribution in [1.82, 2.24) is 19.9 Å². The van der Waals surface area contributed by atoms with Gasteiger partial charge in [-0.3, -0.25) is 4.79 Å². The number of hydrogen-bond acceptors (Lipinski definition) is 9. The van der Waals surface area contributed by atoms with Crippen LogP contribution >= 0.6 is 11.3 Å². The number of hydrogen-bond donors (Lipinski definition) is 4. The highest BCUT2D eigenvalue weighted by Crippen LogP contribution is 2.29. The molecule has 2 aromatic carbocycles. The maximum absolute atomic E-state index is 14.0. The molecule has 4 N–H and O–H groups in total. The summed E-state index contributed by atoms with van der Waals surface area (Å²) in [5.74, 6) is -0.149. The van der Waals surface area contributed by atoms with Crippen LogP contribution in [0.3, 0.4) is 0 Å². The van der Waals surface area contributed by atoms with Crippen molar-refractivity contribution in [2.75, 3.05) is 31.5 Å². The minimum atomic E-state index is -4.03. The molecule has 2 atom stereocenters. The highest BCUT2D eigenvalue weighted by molar-refractivity contribution is 7.89. The largest absolute Gasteiger partial charge is 0.444 e. The lowest BCUT2D eigenvalue weighted by Crippen LogP contribution is -2.51. The molecule has 3 rings (SSSR count). The Bertz CT molecular complexity index is 1470. The summed E-state index contributed by atoms with van der Waals surface area (Å²) in [6, 6.07) is 13.3. The quantitative estimate of drug-likeness (QED) is 0.195. The van der Waals surface area contributed by atoms with Gasteiger partial charge in [-0.15, -0.1) is 0 Å². The van der Waals surface area contributed by atoms with Crippen molar-refractivity contribution < 1.29 is 27.9 Å². The van der Waals surface area contributed by atoms with Crippen LogP contribution < -0.4 is 16.0 Å². The summed E-state index contributed by atoms with van der Waals surface area (Å²) in [7, 11) is -4.03. The number of nitrogens with zero attached hydrogens (tertiary/aromatic N) is 2. The van der Waals surface area contributed by atoms with Crippen LogP contribution in [0.25, 0.3) is 10.2 Å². The summed E-state index contributed by atoms with van der Waals surface area (Å²) < 4.78 is 35.3. The van der Waals surface area contributed by atoms with Gasteiger partial charge in [0.1, 0.15) is 5.60 Å². The minimum absolute atomic E-state index is 0.0279. The molecule has 0 fully saturated rings. The maximum atomic E-state index is 14.0. The second-order valence-electron chi connectivity index (χ2n) is 11.8. The summed E-state index contributed by atoms with van der Waals surface area (Å²) >= 11 is 1.31. The molecule has 0 radical (unpaired) electrons. The van der Waals surface area contributed by atoms with Crippen LogP contribution in [-0.2, 0) is 26.0 Å². The number of carbonyl (C=O) groups is 2. The van der Waals surface area contributed by atoms with E-state index in [2.05, 4.69) is 20.9 Å². The van der Waals surface area contributed by atoms with E-state index in [0.717, 1.165) is 5.56 Å². The molecule has 0 aliphatic rings. The van der Waals surface area contributed by atoms with E-state index in [1.54, 1.807) is 32.9 Å². The number of sulfonamides is 1. The molecule has 0 spiro atoms. The lowest BCUT2D eigenvalue weighted by atomic mass is 10.0. The Balaban J connectivity index is 1.84. The molecule has 236 valence electrons. The molecule has 0 aliphatic heterocycles. The van der Waals surface area contributed by atoms with E-state index in [-0.39, 0.29) is 36.2 Å². The Morgan fingerprint density at radius 1 is 1.07 bits per heavy atom. The number of ether oxygens (including phenoxy) is 1. The van der Waals surface area contributed by atoms with Crippen molar-refractivity contribution in [1.29, 1.82) is 0 Å². The number of amides is 2. The van der Waals surface area contributed by atoms with Crippen LogP contribution in [0, 0.1) is 5.92 Å². The first kappa shape index (κ1) is 34.2. The molecule has 13 heteroatoms. The van der Waals surface area contributed by atoms with Crippen molar-refractivity contribution in [3.63, 3.8) is 0 Å². The number of carbonyl (C=O) groups excluding carboxylic acids is 2. The van der Waals surface area contributed by atoms with E-state index in [1.807, 2.05) is 44.2 Å². The first-order valence-electron chi connectivity index (χ1n) is 14.2. The minimum Gasteiger partial charge on any atom is -0.444 e. The summed E-state index contributed by atoms with van der Waals surface area (Å²) in [6.07, 6.45) is -1.64. The Morgan fingerprint density at radius 2 is 1.77 bits per heavy atom. The molecule has 3 aromatic rings. The lowest BCUT2D eigenvalue weighted by molar-refractivity contribution is -0.118. The second kappa shape index (κ2) is 15.0. The fraction of sp³-hybridized carbons (Fsp3) is 0.500. The van der Waals surface area contributed by atoms with Gasteiger partial charge in [0.25, 0.3) is 0 Å². The fourth-order valence-corrected chi connectivity index (χ4v) is 6.98. The zero-order chi connectivity index (χ0) is 31.8. The number of anilines is 1. The van der Waals surface area contributed by atoms with Gasteiger partial charge >= 0.3 is 6.09 Å². The van der Waals surface area contributed by atoms with E-state index >= 15 is 0 Å². The SMILES string of the molecule is CC(=O)NCCNc1nc2ccc(S(=O)(=O)N(CC(C)C)C[C@@H](O)[C@H](Cc3ccccc3)NC(=O)OC(C)(C)C)cc2s1. The Kier molecular flexibility index (Phi) is 11.9. The zero-order valence-corrected chi connectivity index (χ0v) is 27.2. The number of rotatable bonds is 14. The summed E-state index contributed by atoms with van der Waals surface area (Å²) in [6.45, 7) is 11.3. The van der Waals surface area contributed by atoms with E-state index in [4.69, 9.17) is 4.74 Å². The third-order valence-electron chi connectivity index (χ3n) is 6.20. The average Bonchev–Trinajstić information content (AvgIpc) is 3.31. The fourth-order valence-electron chi connectivity index (χ4n) is 4.32. The number of benzene rings is 2. The van der Waals surface area contributed by atoms with Gasteiger partial charge in [0, 0.05) is 33.1 Å². The standard InChI is InChI=1S/C30H43N5O6S2/c1-20(2)18-35(19-26(37)25(16-22-10-8-7-9-11-22)34-29(38)41-30(4,5)6)43(39,40)23-12-13-24-27(17-23)42-28(33-24)32-15-14-31-21(3)36/h7-13,17,20,25-26,37H,14-16,18-19H2,1-6H3,(H,31,36)(H,32,33)(H,34,38)/t25-,26+/m0/s1. The summed E-state index contributed by atoms with van der Waals surface area (Å²) in [5.41, 5.74) is 0.777. The number of aliphatic hydroxyl groups excluding tert-OH is 1. The molecule has 11 nitrogen and oxygen atoms in total. The van der Waals surface area contributed by atoms with Crippen LogP contribution in [0.4, 0.5) is 9.93 Å². The van der Waals surface area contributed by atoms with Crippen molar-refractivity contribution >= 4 is 48.7 Å². The van der Waals surface area contributed by atoms with Crippen LogP contribution in [0.15, 0.2) is 53.4 Å². The normalized spacial score (nSPS) is 13.6. The second-order valence-corrected chi connectivity index (χ2v) is 14.8. The Labute approximate surface area is 258 Å². The van der Waals surface area contributed by atoms with E-state index in [0.29, 0.717) is 28.4 Å². The van der Waals surface area contributed by atoms with Crippen LogP contribution in [-0.4, -0.2) is 78.7 Å². The van der Waals surface area contributed by atoms with Gasteiger partial charge in [-0.25, -0.2) is 18.2 Å². The molecule has 0 aliphatic carbocycles. The van der Waals surface area contributed by atoms with Crippen LogP contribution in [0.5, 0.6) is 0 Å². The summed E-state index contributed by atoms with van der Waals surface area (Å²) in [4.78, 5) is 28.3. The van der Waals surface area contributed by atoms with Crippen molar-refractivity contribution in [3.05, 3.63) is 54.1 Å². The molecule has 1 heterocycles. The number of aliphatic hydroxyl groups is 1. The average molecular weight is 634 g/mol. The van der Waals surface area contributed by atoms with Crippen molar-refractivity contribution in [2.24, 2.45) is 5.92 Å². The topological polar surface area (TPSA) is 150 Å². The van der Waals surface area contributed by atoms with Gasteiger partial charge in [-0.1, -0.05) is 55.5 Å². The van der Waals surface area contributed by atoms with Gasteiger partial charge in [0.15, 0.2) is 5.13 Å². The molecular formula is C30H43N5O6S2. The van der Waals surface area contributed by atoms with E-state index in [9.17, 15) is 23.1 Å². The van der Waals surface area contributed by atoms with Gasteiger partial charge in [-0.2, -0.15) is 4.31 Å². The van der Waals surface area contributed by atoms with Crippen molar-refractivity contribution in [2.45, 2.75) is 70.6 Å². The number of fused-ring (bicyclic) bond motifs is 1. The van der Waals surface area contributed by atoms with Crippen LogP contribution in [0.1, 0.15) is 47.1 Å². The Hall–Kier alpha value is -3.26. The van der Waals surface area contributed by atoms with Gasteiger partial charge in [0.2, 0.25) is 15.9 Å². The smallest absolute Gasteiger partial charge is 0.407 e. The Morgan fingerprint density at radius 3 is 2.40 bits per heavy atom. The van der Waals surface area contributed by atoms with E-state index in [1.165, 1.54) is 28.6 Å². The van der Waals surface area contributed by atoms with Gasteiger partial charge in [-0.05, 0) is 56.9 Å². The maximum Gasteiger partial charge on any atom is 0.407 e. The van der Waals surface area contributed by atoms with Gasteiger partial charge < -0.3 is 25.8 Å². The number of thiazole rings is 1. The molecule has 43 heavy (non-hydrogen) atoms. The molecular weight excluding hydrogens is 590 g/mol. The van der Waals surface area contributed by atoms with Crippen LogP contribution in [0.2, 0.25) is 0 Å². The molecule has 0 unspecified atom stereocenters.